The van der Waals surface area contributed by atoms with Gasteiger partial charge in [0.1, 0.15) is 12.4 Å². The summed E-state index contributed by atoms with van der Waals surface area (Å²) in [4.78, 5) is 35.7. The molecule has 27 heavy (non-hydrogen) atoms. The molecule has 0 atom stereocenters. The van der Waals surface area contributed by atoms with Gasteiger partial charge in [-0.15, -0.1) is 0 Å². The van der Waals surface area contributed by atoms with Crippen molar-refractivity contribution in [3.05, 3.63) is 69.2 Å². The Hall–Kier alpha value is -3.13. The minimum atomic E-state index is -0.587. The van der Waals surface area contributed by atoms with Crippen molar-refractivity contribution >= 4 is 29.1 Å². The zero-order chi connectivity index (χ0) is 19.8. The molecule has 0 heterocycles. The van der Waals surface area contributed by atoms with E-state index < -0.39 is 10.8 Å². The van der Waals surface area contributed by atoms with E-state index >= 15 is 0 Å². The van der Waals surface area contributed by atoms with Gasteiger partial charge >= 0.3 is 0 Å². The van der Waals surface area contributed by atoms with E-state index in [1.54, 1.807) is 31.3 Å². The zero-order valence-corrected chi connectivity index (χ0v) is 15.3. The number of amides is 2. The van der Waals surface area contributed by atoms with Crippen LogP contribution in [0.15, 0.2) is 48.5 Å². The van der Waals surface area contributed by atoms with Gasteiger partial charge in [-0.3, -0.25) is 19.7 Å². The largest absolute Gasteiger partial charge is 0.492 e. The molecule has 0 aromatic heterocycles. The first kappa shape index (κ1) is 20.2. The number of likely N-dealkylation sites (N-methyl/N-ethyl adjacent to an activating group) is 1. The van der Waals surface area contributed by atoms with E-state index in [9.17, 15) is 19.7 Å². The number of carbonyl (C=O) groups is 2. The van der Waals surface area contributed by atoms with Crippen molar-refractivity contribution in [2.45, 2.75) is 0 Å². The van der Waals surface area contributed by atoms with Crippen LogP contribution in [0.4, 0.5) is 5.69 Å². The summed E-state index contributed by atoms with van der Waals surface area (Å²) in [6, 6.07) is 12.2. The molecular formula is C18H18ClN3O5. The van der Waals surface area contributed by atoms with E-state index in [-0.39, 0.29) is 30.3 Å². The molecule has 2 rings (SSSR count). The quantitative estimate of drug-likeness (QED) is 0.550. The molecule has 0 fully saturated rings. The smallest absolute Gasteiger partial charge is 0.270 e. The summed E-state index contributed by atoms with van der Waals surface area (Å²) >= 11 is 5.79. The lowest BCUT2D eigenvalue weighted by molar-refractivity contribution is -0.384. The topological polar surface area (TPSA) is 102 Å². The minimum absolute atomic E-state index is 0.116. The molecule has 0 aliphatic carbocycles. The average molecular weight is 392 g/mol. The number of nitrogens with zero attached hydrogens (tertiary/aromatic N) is 2. The van der Waals surface area contributed by atoms with Crippen molar-refractivity contribution in [1.29, 1.82) is 0 Å². The van der Waals surface area contributed by atoms with E-state index in [1.165, 1.54) is 23.1 Å². The van der Waals surface area contributed by atoms with Crippen molar-refractivity contribution in [3.8, 4) is 5.75 Å². The Morgan fingerprint density at radius 2 is 1.93 bits per heavy atom. The fraction of sp³-hybridized carbons (Fsp3) is 0.222. The number of rotatable bonds is 8. The van der Waals surface area contributed by atoms with Crippen molar-refractivity contribution in [3.63, 3.8) is 0 Å². The second-order valence-electron chi connectivity index (χ2n) is 5.61. The van der Waals surface area contributed by atoms with Crippen molar-refractivity contribution in [2.24, 2.45) is 0 Å². The summed E-state index contributed by atoms with van der Waals surface area (Å²) < 4.78 is 5.51. The molecule has 0 spiro atoms. The Morgan fingerprint density at radius 1 is 1.22 bits per heavy atom. The molecule has 0 saturated carbocycles. The van der Waals surface area contributed by atoms with Crippen LogP contribution >= 0.6 is 11.6 Å². The van der Waals surface area contributed by atoms with Gasteiger partial charge in [0.15, 0.2) is 0 Å². The highest BCUT2D eigenvalue weighted by Gasteiger charge is 2.14. The molecule has 0 radical (unpaired) electrons. The maximum absolute atomic E-state index is 12.1. The second-order valence-corrected chi connectivity index (χ2v) is 6.04. The zero-order valence-electron chi connectivity index (χ0n) is 14.6. The van der Waals surface area contributed by atoms with Crippen LogP contribution < -0.4 is 10.1 Å². The van der Waals surface area contributed by atoms with Crippen LogP contribution in [-0.2, 0) is 4.79 Å². The highest BCUT2D eigenvalue weighted by atomic mass is 35.5. The number of nitro groups is 1. The average Bonchev–Trinajstić information content (AvgIpc) is 2.67. The molecule has 8 nitrogen and oxygen atoms in total. The van der Waals surface area contributed by atoms with Crippen LogP contribution in [0.2, 0.25) is 5.02 Å². The number of carbonyl (C=O) groups excluding carboxylic acids is 2. The van der Waals surface area contributed by atoms with Crippen LogP contribution in [-0.4, -0.2) is 48.4 Å². The van der Waals surface area contributed by atoms with Crippen LogP contribution in [0.3, 0.4) is 0 Å². The van der Waals surface area contributed by atoms with Crippen LogP contribution in [0.25, 0.3) is 0 Å². The molecule has 142 valence electrons. The van der Waals surface area contributed by atoms with Gasteiger partial charge in [0, 0.05) is 29.8 Å². The SMILES string of the molecule is CN(CCOc1ccc(Cl)cc1)C(=O)CNC(=O)c1cccc([N+](=O)[O-])c1. The molecular weight excluding hydrogens is 374 g/mol. The standard InChI is InChI=1S/C18H18ClN3O5/c1-21(9-10-27-16-7-5-14(19)6-8-16)17(23)12-20-18(24)13-3-2-4-15(11-13)22(25)26/h2-8,11H,9-10,12H2,1H3,(H,20,24). The molecule has 2 aromatic carbocycles. The Morgan fingerprint density at radius 3 is 2.59 bits per heavy atom. The summed E-state index contributed by atoms with van der Waals surface area (Å²) in [5, 5.41) is 13.8. The maximum atomic E-state index is 12.1. The number of nitrogens with one attached hydrogen (secondary N) is 1. The van der Waals surface area contributed by atoms with Gasteiger partial charge in [0.05, 0.1) is 18.0 Å². The van der Waals surface area contributed by atoms with E-state index in [0.717, 1.165) is 6.07 Å². The number of benzene rings is 2. The van der Waals surface area contributed by atoms with E-state index in [1.807, 2.05) is 0 Å². The fourth-order valence-electron chi connectivity index (χ4n) is 2.11. The van der Waals surface area contributed by atoms with Crippen molar-refractivity contribution < 1.29 is 19.2 Å². The van der Waals surface area contributed by atoms with E-state index in [0.29, 0.717) is 17.3 Å². The van der Waals surface area contributed by atoms with Gasteiger partial charge in [-0.25, -0.2) is 0 Å². The molecule has 0 aliphatic heterocycles. The van der Waals surface area contributed by atoms with Gasteiger partial charge in [0.2, 0.25) is 5.91 Å². The third-order valence-electron chi connectivity index (χ3n) is 3.65. The second kappa shape index (κ2) is 9.54. The molecule has 1 N–H and O–H groups in total. The number of hydrogen-bond acceptors (Lipinski definition) is 5. The van der Waals surface area contributed by atoms with Gasteiger partial charge in [-0.1, -0.05) is 17.7 Å². The van der Waals surface area contributed by atoms with Crippen LogP contribution in [0.1, 0.15) is 10.4 Å². The summed E-state index contributed by atoms with van der Waals surface area (Å²) in [7, 11) is 1.59. The van der Waals surface area contributed by atoms with Gasteiger partial charge in [0.25, 0.3) is 11.6 Å². The molecule has 9 heteroatoms. The third-order valence-corrected chi connectivity index (χ3v) is 3.91. The van der Waals surface area contributed by atoms with Crippen LogP contribution in [0.5, 0.6) is 5.75 Å². The number of nitro benzene ring substituents is 1. The molecule has 0 saturated heterocycles. The summed E-state index contributed by atoms with van der Waals surface area (Å²) in [6.07, 6.45) is 0. The highest BCUT2D eigenvalue weighted by molar-refractivity contribution is 6.30. The van der Waals surface area contributed by atoms with E-state index in [2.05, 4.69) is 5.32 Å². The Kier molecular flexibility index (Phi) is 7.13. The maximum Gasteiger partial charge on any atom is 0.270 e. The van der Waals surface area contributed by atoms with Crippen molar-refractivity contribution in [2.75, 3.05) is 26.7 Å². The summed E-state index contributed by atoms with van der Waals surface area (Å²) in [5.41, 5.74) is -0.0730. The normalized spacial score (nSPS) is 10.1. The Bertz CT molecular complexity index is 826. The third kappa shape index (κ3) is 6.27. The van der Waals surface area contributed by atoms with Crippen LogP contribution in [0, 0.1) is 10.1 Å². The highest BCUT2D eigenvalue weighted by Crippen LogP contribution is 2.15. The number of halogens is 1. The van der Waals surface area contributed by atoms with Gasteiger partial charge < -0.3 is 15.0 Å². The predicted molar refractivity (Wildman–Crippen MR) is 100 cm³/mol. The molecule has 0 aliphatic rings. The predicted octanol–water partition coefficient (Wildman–Crippen LogP) is 2.52. The first-order valence-corrected chi connectivity index (χ1v) is 8.39. The van der Waals surface area contributed by atoms with Gasteiger partial charge in [-0.2, -0.15) is 0 Å². The summed E-state index contributed by atoms with van der Waals surface area (Å²) in [6.45, 7) is 0.385. The number of non-ortho nitro benzene ring substituents is 1. The first-order valence-electron chi connectivity index (χ1n) is 8.02. The molecule has 2 aromatic rings. The lowest BCUT2D eigenvalue weighted by Gasteiger charge is -2.18. The fourth-order valence-corrected chi connectivity index (χ4v) is 2.24. The molecule has 2 amide bonds. The summed E-state index contributed by atoms with van der Waals surface area (Å²) in [5.74, 6) is -0.231. The lowest BCUT2D eigenvalue weighted by atomic mass is 10.2. The number of hydrogen-bond donors (Lipinski definition) is 1. The van der Waals surface area contributed by atoms with Gasteiger partial charge in [-0.05, 0) is 30.3 Å². The minimum Gasteiger partial charge on any atom is -0.492 e. The Labute approximate surface area is 160 Å². The van der Waals surface area contributed by atoms with Crippen molar-refractivity contribution in [1.82, 2.24) is 10.2 Å². The Balaban J connectivity index is 1.77. The molecule has 0 bridgehead atoms. The lowest BCUT2D eigenvalue weighted by Crippen LogP contribution is -2.39. The molecule has 0 unspecified atom stereocenters. The monoisotopic (exact) mass is 391 g/mol. The first-order chi connectivity index (χ1) is 12.9. The van der Waals surface area contributed by atoms with E-state index in [4.69, 9.17) is 16.3 Å². The number of ether oxygens (including phenoxy) is 1.